The predicted molar refractivity (Wildman–Crippen MR) is 108 cm³/mol. The maximum atomic E-state index is 12.4. The molecule has 0 unspecified atom stereocenters. The van der Waals surface area contributed by atoms with Gasteiger partial charge in [-0.15, -0.1) is 11.3 Å². The molecule has 0 atom stereocenters. The number of rotatable bonds is 4. The fourth-order valence-electron chi connectivity index (χ4n) is 2.96. The fraction of sp³-hybridized carbons (Fsp3) is 0.150. The minimum absolute atomic E-state index is 0.187. The Hall–Kier alpha value is -3.39. The molecule has 0 bridgehead atoms. The fourth-order valence-corrected chi connectivity index (χ4v) is 3.80. The Labute approximate surface area is 164 Å². The van der Waals surface area contributed by atoms with E-state index in [9.17, 15) is 9.59 Å². The summed E-state index contributed by atoms with van der Waals surface area (Å²) in [5.74, 6) is 0.996. The lowest BCUT2D eigenvalue weighted by Gasteiger charge is -2.07. The molecular weight excluding hydrogens is 374 g/mol. The molecule has 3 heterocycles. The van der Waals surface area contributed by atoms with Crippen LogP contribution in [-0.4, -0.2) is 25.8 Å². The molecule has 1 amide bonds. The summed E-state index contributed by atoms with van der Waals surface area (Å²) in [5, 5.41) is 4.78. The van der Waals surface area contributed by atoms with E-state index in [0.29, 0.717) is 22.9 Å². The van der Waals surface area contributed by atoms with Crippen LogP contribution < -0.4 is 10.9 Å². The molecule has 0 radical (unpaired) electrons. The molecule has 0 fully saturated rings. The van der Waals surface area contributed by atoms with Gasteiger partial charge < -0.3 is 10.3 Å². The second-order valence-electron chi connectivity index (χ2n) is 6.34. The van der Waals surface area contributed by atoms with Crippen LogP contribution in [0.3, 0.4) is 0 Å². The lowest BCUT2D eigenvalue weighted by Crippen LogP contribution is -2.24. The van der Waals surface area contributed by atoms with Crippen LogP contribution in [0.15, 0.2) is 46.6 Å². The number of nitrogens with one attached hydrogen (secondary N) is 2. The van der Waals surface area contributed by atoms with Crippen LogP contribution >= 0.6 is 11.3 Å². The third-order valence-electron chi connectivity index (χ3n) is 4.18. The Morgan fingerprint density at radius 3 is 2.64 bits per heavy atom. The molecule has 140 valence electrons. The molecule has 7 nitrogen and oxygen atoms in total. The van der Waals surface area contributed by atoms with Gasteiger partial charge >= 0.3 is 0 Å². The Balaban J connectivity index is 1.53. The molecule has 8 heteroatoms. The maximum Gasteiger partial charge on any atom is 0.251 e. The molecule has 0 spiro atoms. The van der Waals surface area contributed by atoms with Crippen molar-refractivity contribution in [2.75, 3.05) is 0 Å². The van der Waals surface area contributed by atoms with Crippen LogP contribution in [0.1, 0.15) is 27.7 Å². The predicted octanol–water partition coefficient (Wildman–Crippen LogP) is 2.99. The lowest BCUT2D eigenvalue weighted by atomic mass is 10.1. The van der Waals surface area contributed by atoms with Crippen molar-refractivity contribution in [3.63, 3.8) is 0 Å². The summed E-state index contributed by atoms with van der Waals surface area (Å²) < 4.78 is 1.03. The normalized spacial score (nSPS) is 10.9. The molecule has 4 rings (SSSR count). The highest BCUT2D eigenvalue weighted by Gasteiger charge is 2.11. The number of H-pyrrole nitrogens is 1. The van der Waals surface area contributed by atoms with Crippen molar-refractivity contribution in [3.8, 4) is 11.3 Å². The standard InChI is InChI=1S/C20H17N5O2S/c1-11-22-15(9-17(26)24-11)10-21-20(27)14-5-3-13(4-6-14)18-19-16(7-8-28-19)23-12(2)25-18/h3-9H,10H2,1-2H3,(H,21,27)(H,22,24,26). The third-order valence-corrected chi connectivity index (χ3v) is 5.09. The van der Waals surface area contributed by atoms with Crippen molar-refractivity contribution in [2.45, 2.75) is 20.4 Å². The molecule has 1 aromatic carbocycles. The summed E-state index contributed by atoms with van der Waals surface area (Å²) in [6.07, 6.45) is 0. The van der Waals surface area contributed by atoms with Crippen molar-refractivity contribution < 1.29 is 4.79 Å². The highest BCUT2D eigenvalue weighted by atomic mass is 32.1. The van der Waals surface area contributed by atoms with Gasteiger partial charge in [0.05, 0.1) is 28.1 Å². The molecule has 0 saturated carbocycles. The van der Waals surface area contributed by atoms with Gasteiger partial charge in [0.15, 0.2) is 0 Å². The summed E-state index contributed by atoms with van der Waals surface area (Å²) in [7, 11) is 0. The maximum absolute atomic E-state index is 12.4. The number of nitrogens with zero attached hydrogens (tertiary/aromatic N) is 3. The SMILES string of the molecule is Cc1nc(-c2ccc(C(=O)NCc3cc(=O)[nH]c(C)n3)cc2)c2sccc2n1. The van der Waals surface area contributed by atoms with Crippen molar-refractivity contribution in [1.82, 2.24) is 25.3 Å². The van der Waals surface area contributed by atoms with Crippen LogP contribution in [0.5, 0.6) is 0 Å². The van der Waals surface area contributed by atoms with E-state index < -0.39 is 0 Å². The Morgan fingerprint density at radius 1 is 1.11 bits per heavy atom. The zero-order valence-corrected chi connectivity index (χ0v) is 16.1. The quantitative estimate of drug-likeness (QED) is 0.557. The average molecular weight is 391 g/mol. The summed E-state index contributed by atoms with van der Waals surface area (Å²) in [6.45, 7) is 3.75. The van der Waals surface area contributed by atoms with Crippen LogP contribution in [0.4, 0.5) is 0 Å². The lowest BCUT2D eigenvalue weighted by molar-refractivity contribution is 0.0950. The minimum Gasteiger partial charge on any atom is -0.346 e. The molecule has 2 N–H and O–H groups in total. The van der Waals surface area contributed by atoms with Gasteiger partial charge in [0.25, 0.3) is 11.5 Å². The molecule has 0 aliphatic rings. The number of hydrogen-bond acceptors (Lipinski definition) is 6. The molecule has 0 aliphatic heterocycles. The van der Waals surface area contributed by atoms with E-state index in [0.717, 1.165) is 21.5 Å². The number of aromatic amines is 1. The largest absolute Gasteiger partial charge is 0.346 e. The van der Waals surface area contributed by atoms with E-state index in [1.54, 1.807) is 30.4 Å². The van der Waals surface area contributed by atoms with Gasteiger partial charge in [0.2, 0.25) is 0 Å². The van der Waals surface area contributed by atoms with Gasteiger partial charge in [-0.05, 0) is 37.4 Å². The second-order valence-corrected chi connectivity index (χ2v) is 7.25. The number of hydrogen-bond donors (Lipinski definition) is 2. The van der Waals surface area contributed by atoms with E-state index in [1.165, 1.54) is 6.07 Å². The summed E-state index contributed by atoms with van der Waals surface area (Å²) >= 11 is 1.60. The number of amides is 1. The van der Waals surface area contributed by atoms with Crippen LogP contribution in [-0.2, 0) is 6.54 Å². The number of aryl methyl sites for hydroxylation is 2. The minimum atomic E-state index is -0.235. The highest BCUT2D eigenvalue weighted by Crippen LogP contribution is 2.30. The van der Waals surface area contributed by atoms with Crippen LogP contribution in [0.2, 0.25) is 0 Å². The number of aromatic nitrogens is 4. The van der Waals surface area contributed by atoms with E-state index in [4.69, 9.17) is 0 Å². The topological polar surface area (TPSA) is 101 Å². The van der Waals surface area contributed by atoms with Gasteiger partial charge in [0, 0.05) is 17.2 Å². The van der Waals surface area contributed by atoms with E-state index in [1.807, 2.05) is 30.5 Å². The van der Waals surface area contributed by atoms with Crippen LogP contribution in [0.25, 0.3) is 21.5 Å². The highest BCUT2D eigenvalue weighted by molar-refractivity contribution is 7.17. The Morgan fingerprint density at radius 2 is 1.89 bits per heavy atom. The van der Waals surface area contributed by atoms with Gasteiger partial charge in [0.1, 0.15) is 11.6 Å². The zero-order chi connectivity index (χ0) is 19.7. The van der Waals surface area contributed by atoms with E-state index in [-0.39, 0.29) is 18.0 Å². The number of benzene rings is 1. The molecule has 0 saturated heterocycles. The summed E-state index contributed by atoms with van der Waals surface area (Å²) in [4.78, 5) is 39.7. The Kier molecular flexibility index (Phi) is 4.70. The third kappa shape index (κ3) is 3.67. The van der Waals surface area contributed by atoms with E-state index >= 15 is 0 Å². The molecule has 28 heavy (non-hydrogen) atoms. The first-order valence-corrected chi connectivity index (χ1v) is 9.55. The monoisotopic (exact) mass is 391 g/mol. The summed E-state index contributed by atoms with van der Waals surface area (Å²) in [5.41, 5.74) is 3.53. The number of thiophene rings is 1. The first-order valence-electron chi connectivity index (χ1n) is 8.67. The zero-order valence-electron chi connectivity index (χ0n) is 15.3. The smallest absolute Gasteiger partial charge is 0.251 e. The first-order chi connectivity index (χ1) is 13.5. The van der Waals surface area contributed by atoms with Crippen molar-refractivity contribution in [1.29, 1.82) is 0 Å². The van der Waals surface area contributed by atoms with Gasteiger partial charge in [-0.3, -0.25) is 9.59 Å². The van der Waals surface area contributed by atoms with Crippen molar-refractivity contribution in [2.24, 2.45) is 0 Å². The molecule has 4 aromatic rings. The number of fused-ring (bicyclic) bond motifs is 1. The molecular formula is C20H17N5O2S. The first kappa shape index (κ1) is 18.0. The van der Waals surface area contributed by atoms with E-state index in [2.05, 4.69) is 25.3 Å². The Bertz CT molecular complexity index is 1230. The number of carbonyl (C=O) groups is 1. The number of carbonyl (C=O) groups excluding carboxylic acids is 1. The van der Waals surface area contributed by atoms with Crippen molar-refractivity contribution in [3.05, 3.63) is 75.0 Å². The van der Waals surface area contributed by atoms with Gasteiger partial charge in [-0.2, -0.15) is 0 Å². The second kappa shape index (κ2) is 7.32. The average Bonchev–Trinajstić information content (AvgIpc) is 3.13. The summed E-state index contributed by atoms with van der Waals surface area (Å²) in [6, 6.07) is 10.6. The molecule has 0 aliphatic carbocycles. The van der Waals surface area contributed by atoms with Gasteiger partial charge in [-0.25, -0.2) is 15.0 Å². The molecule has 3 aromatic heterocycles. The van der Waals surface area contributed by atoms with Crippen molar-refractivity contribution >= 4 is 27.5 Å². The van der Waals surface area contributed by atoms with Gasteiger partial charge in [-0.1, -0.05) is 12.1 Å². The van der Waals surface area contributed by atoms with Crippen LogP contribution in [0, 0.1) is 13.8 Å².